The van der Waals surface area contributed by atoms with E-state index in [1.54, 1.807) is 0 Å². The summed E-state index contributed by atoms with van der Waals surface area (Å²) in [6.07, 6.45) is 7.71. The number of benzene rings is 4. The van der Waals surface area contributed by atoms with E-state index in [1.807, 2.05) is 80.2 Å². The number of para-hydroxylation sites is 1. The van der Waals surface area contributed by atoms with Crippen LogP contribution in [0.1, 0.15) is 266 Å². The second kappa shape index (κ2) is 29.5. The maximum atomic E-state index is 4.62. The predicted octanol–water partition coefficient (Wildman–Crippen LogP) is 23.4. The van der Waals surface area contributed by atoms with Gasteiger partial charge in [-0.3, -0.25) is 19.9 Å². The van der Waals surface area contributed by atoms with Gasteiger partial charge in [-0.25, -0.2) is 0 Å². The lowest BCUT2D eigenvalue weighted by molar-refractivity contribution is 0.580. The second-order valence-corrected chi connectivity index (χ2v) is 28.3. The maximum Gasteiger partial charge on any atom is 0.0742 e. The van der Waals surface area contributed by atoms with E-state index in [9.17, 15) is 0 Å². The zero-order valence-electron chi connectivity index (χ0n) is 57.3. The molecule has 4 aromatic heterocycles. The van der Waals surface area contributed by atoms with Gasteiger partial charge in [-0.1, -0.05) is 270 Å². The molecule has 8 aromatic rings. The molecule has 0 unspecified atom stereocenters. The number of aromatic nitrogens is 4. The van der Waals surface area contributed by atoms with Gasteiger partial charge in [-0.2, -0.15) is 0 Å². The Labute approximate surface area is 492 Å². The average molecular weight is 1090 g/mol. The van der Waals surface area contributed by atoms with E-state index in [1.165, 1.54) is 66.1 Å². The first kappa shape index (κ1) is 72.5. The van der Waals surface area contributed by atoms with E-state index in [4.69, 9.17) is 0 Å². The molecule has 440 valence electrons. The van der Waals surface area contributed by atoms with Crippen molar-refractivity contribution in [3.8, 4) is 0 Å². The molecule has 0 aliphatic carbocycles. The first-order chi connectivity index (χ1) is 36.8. The number of nitrogens with zero attached hydrogens (tertiary/aromatic N) is 4. The minimum absolute atomic E-state index is 0.128. The Hall–Kier alpha value is -5.48. The molecule has 4 heteroatoms. The minimum atomic E-state index is 0.128. The van der Waals surface area contributed by atoms with Crippen LogP contribution in [0.25, 0.3) is 43.6 Å². The van der Waals surface area contributed by atoms with Gasteiger partial charge >= 0.3 is 0 Å². The topological polar surface area (TPSA) is 51.6 Å². The number of hydrogen-bond acceptors (Lipinski definition) is 4. The summed E-state index contributed by atoms with van der Waals surface area (Å²) < 4.78 is 0. The molecule has 0 amide bonds. The fourth-order valence-corrected chi connectivity index (χ4v) is 9.43. The zero-order valence-corrected chi connectivity index (χ0v) is 57.3. The Morgan fingerprint density at radius 3 is 1.02 bits per heavy atom. The average Bonchev–Trinajstić information content (AvgIpc) is 3.38. The van der Waals surface area contributed by atoms with Crippen LogP contribution in [-0.4, -0.2) is 19.9 Å². The van der Waals surface area contributed by atoms with Crippen molar-refractivity contribution in [3.63, 3.8) is 0 Å². The predicted molar refractivity (Wildman–Crippen MR) is 362 cm³/mol. The van der Waals surface area contributed by atoms with Gasteiger partial charge < -0.3 is 0 Å². The fraction of sp³-hybridized carbons (Fsp3) is 0.526. The third kappa shape index (κ3) is 19.9. The lowest BCUT2D eigenvalue weighted by atomic mass is 9.78. The molecule has 4 heterocycles. The highest BCUT2D eigenvalue weighted by atomic mass is 14.7. The summed E-state index contributed by atoms with van der Waals surface area (Å²) in [7, 11) is 0. The molecule has 0 atom stereocenters. The molecule has 0 aliphatic rings. The summed E-state index contributed by atoms with van der Waals surface area (Å²) in [4.78, 5) is 18.2. The van der Waals surface area contributed by atoms with Crippen LogP contribution in [0.5, 0.6) is 0 Å². The number of pyridine rings is 4. The Morgan fingerprint density at radius 2 is 0.575 bits per heavy atom. The SMILES string of the molecule is CC.CC.CC.CC.CC(C)(C)c1ccc2c(C(C)(C)C)ccnc2c1.CC(C)(C)c1ccc2nccc(C(C)(C)C)c2c1.CC(C)(C)c1cccc2nccc(C(C)(C)C)c12.CC(C)(C)c1ccnc2c(C(C)(C)C)cccc12. The molecule has 4 nitrogen and oxygen atoms in total. The summed E-state index contributed by atoms with van der Waals surface area (Å²) in [5, 5.41) is 5.19. The largest absolute Gasteiger partial charge is 0.256 e. The van der Waals surface area contributed by atoms with Crippen LogP contribution in [0.4, 0.5) is 0 Å². The molecule has 0 fully saturated rings. The van der Waals surface area contributed by atoms with Crippen molar-refractivity contribution >= 4 is 43.6 Å². The Kier molecular flexibility index (Phi) is 26.7. The van der Waals surface area contributed by atoms with Gasteiger partial charge in [0.2, 0.25) is 0 Å². The van der Waals surface area contributed by atoms with Gasteiger partial charge in [0.05, 0.1) is 22.1 Å². The standard InChI is InChI=1S/4C17H23N.4C2H6/c1-16(2,3)12-7-8-15-13(11-12)14(9-10-18-15)17(4,5)6;1-16(2,3)12-7-8-13-14(17(4,5)6)9-10-18-15(13)11-12;1-16(2,3)12-8-7-9-14-15(12)13(10-11-18-14)17(4,5)6;1-16(2,3)13-10-11-18-15-12(13)8-7-9-14(15)17(4,5)6;4*1-2/h4*7-11H,1-6H3;4*1-2H3. The van der Waals surface area contributed by atoms with Gasteiger partial charge in [-0.05, 0) is 136 Å². The van der Waals surface area contributed by atoms with Crippen molar-refractivity contribution in [1.82, 2.24) is 19.9 Å². The van der Waals surface area contributed by atoms with Gasteiger partial charge in [0.1, 0.15) is 0 Å². The molecule has 0 radical (unpaired) electrons. The van der Waals surface area contributed by atoms with Gasteiger partial charge in [-0.15, -0.1) is 0 Å². The molecule has 0 spiro atoms. The van der Waals surface area contributed by atoms with E-state index in [2.05, 4.69) is 283 Å². The van der Waals surface area contributed by atoms with Crippen LogP contribution in [-0.2, 0) is 43.3 Å². The minimum Gasteiger partial charge on any atom is -0.256 e. The van der Waals surface area contributed by atoms with Crippen molar-refractivity contribution in [2.45, 2.75) is 265 Å². The molecule has 0 saturated carbocycles. The van der Waals surface area contributed by atoms with Gasteiger partial charge in [0.25, 0.3) is 0 Å². The maximum absolute atomic E-state index is 4.62. The van der Waals surface area contributed by atoms with Crippen molar-refractivity contribution in [2.75, 3.05) is 0 Å². The second-order valence-electron chi connectivity index (χ2n) is 28.3. The summed E-state index contributed by atoms with van der Waals surface area (Å²) in [6.45, 7) is 70.1. The highest BCUT2D eigenvalue weighted by Gasteiger charge is 2.26. The highest BCUT2D eigenvalue weighted by Crippen LogP contribution is 2.38. The van der Waals surface area contributed by atoms with Gasteiger partial charge in [0.15, 0.2) is 0 Å². The van der Waals surface area contributed by atoms with Crippen LogP contribution in [0.3, 0.4) is 0 Å². The van der Waals surface area contributed by atoms with Crippen LogP contribution in [0.15, 0.2) is 122 Å². The normalized spacial score (nSPS) is 12.0. The van der Waals surface area contributed by atoms with Crippen molar-refractivity contribution < 1.29 is 0 Å². The number of rotatable bonds is 0. The lowest BCUT2D eigenvalue weighted by Gasteiger charge is -2.27. The first-order valence-corrected chi connectivity index (χ1v) is 30.4. The first-order valence-electron chi connectivity index (χ1n) is 30.4. The Bertz CT molecular complexity index is 2990. The van der Waals surface area contributed by atoms with Gasteiger partial charge in [0, 0.05) is 46.3 Å². The monoisotopic (exact) mass is 1080 g/mol. The van der Waals surface area contributed by atoms with E-state index in [0.29, 0.717) is 0 Å². The van der Waals surface area contributed by atoms with Crippen molar-refractivity contribution in [2.24, 2.45) is 0 Å². The highest BCUT2D eigenvalue weighted by molar-refractivity contribution is 5.88. The van der Waals surface area contributed by atoms with Crippen LogP contribution < -0.4 is 0 Å². The number of hydrogen-bond donors (Lipinski definition) is 0. The molecule has 8 rings (SSSR count). The van der Waals surface area contributed by atoms with Crippen molar-refractivity contribution in [1.29, 1.82) is 0 Å². The fourth-order valence-electron chi connectivity index (χ4n) is 9.43. The molecular weight excluding hydrogens is 969 g/mol. The van der Waals surface area contributed by atoms with Crippen LogP contribution >= 0.6 is 0 Å². The van der Waals surface area contributed by atoms with E-state index < -0.39 is 0 Å². The molecule has 0 aliphatic heterocycles. The van der Waals surface area contributed by atoms with Crippen LogP contribution in [0, 0.1) is 0 Å². The smallest absolute Gasteiger partial charge is 0.0742 e. The van der Waals surface area contributed by atoms with E-state index in [-0.39, 0.29) is 43.3 Å². The van der Waals surface area contributed by atoms with E-state index >= 15 is 0 Å². The molecule has 0 N–H and O–H groups in total. The molecule has 0 saturated heterocycles. The molecule has 0 bridgehead atoms. The zero-order chi connectivity index (χ0) is 62.2. The lowest BCUT2D eigenvalue weighted by Crippen LogP contribution is -2.17. The van der Waals surface area contributed by atoms with Crippen molar-refractivity contribution in [3.05, 3.63) is 166 Å². The molecule has 4 aromatic carbocycles. The van der Waals surface area contributed by atoms with Crippen LogP contribution in [0.2, 0.25) is 0 Å². The Morgan fingerprint density at radius 1 is 0.237 bits per heavy atom. The molecular formula is C76H116N4. The third-order valence-corrected chi connectivity index (χ3v) is 13.6. The third-order valence-electron chi connectivity index (χ3n) is 13.6. The summed E-state index contributed by atoms with van der Waals surface area (Å²) in [5.41, 5.74) is 16.6. The summed E-state index contributed by atoms with van der Waals surface area (Å²) >= 11 is 0. The molecule has 80 heavy (non-hydrogen) atoms. The number of fused-ring (bicyclic) bond motifs is 4. The summed E-state index contributed by atoms with van der Waals surface area (Å²) in [5.74, 6) is 0. The van der Waals surface area contributed by atoms with E-state index in [0.717, 1.165) is 22.1 Å². The Balaban J connectivity index is 0.000000511. The summed E-state index contributed by atoms with van der Waals surface area (Å²) in [6, 6.07) is 34.9. The quantitative estimate of drug-likeness (QED) is 0.152.